The molecule has 0 fully saturated rings. The van der Waals surface area contributed by atoms with E-state index in [9.17, 15) is 0 Å². The van der Waals surface area contributed by atoms with Crippen molar-refractivity contribution in [2.24, 2.45) is 0 Å². The smallest absolute Gasteiger partial charge is 0.160 e. The average molecular weight is 951 g/mol. The second-order valence-electron chi connectivity index (χ2n) is 18.2. The third-order valence-electron chi connectivity index (χ3n) is 13.6. The van der Waals surface area contributed by atoms with Crippen LogP contribution < -0.4 is 19.3 Å². The fourth-order valence-corrected chi connectivity index (χ4v) is 10.2. The topological polar surface area (TPSA) is 76.5 Å². The first-order chi connectivity index (χ1) is 36.7. The molecule has 14 rings (SSSR count). The molecule has 0 amide bonds. The Balaban J connectivity index is 1.13. The van der Waals surface area contributed by atoms with Crippen molar-refractivity contribution in [2.75, 3.05) is 9.80 Å². The normalized spacial score (nSPS) is 12.2. The molecule has 12 aromatic rings. The Bertz CT molecular complexity index is 3890. The van der Waals surface area contributed by atoms with E-state index in [0.717, 1.165) is 124 Å². The van der Waals surface area contributed by atoms with Crippen LogP contribution >= 0.6 is 0 Å². The van der Waals surface area contributed by atoms with Gasteiger partial charge < -0.3 is 19.3 Å². The number of hydrogen-bond acceptors (Lipinski definition) is 8. The average Bonchev–Trinajstić information content (AvgIpc) is 3.48. The fraction of sp³-hybridized carbons (Fsp3) is 0. The molecule has 74 heavy (non-hydrogen) atoms. The maximum Gasteiger partial charge on any atom is 0.160 e. The summed E-state index contributed by atoms with van der Waals surface area (Å²) in [5, 5.41) is 1.92. The lowest BCUT2D eigenvalue weighted by atomic mass is 9.93. The van der Waals surface area contributed by atoms with Crippen LogP contribution in [-0.4, -0.2) is 19.9 Å². The van der Waals surface area contributed by atoms with Gasteiger partial charge in [0.25, 0.3) is 0 Å². The van der Waals surface area contributed by atoms with E-state index in [1.165, 1.54) is 0 Å². The number of benzene rings is 10. The highest BCUT2D eigenvalue weighted by molar-refractivity contribution is 6.11. The Morgan fingerprint density at radius 2 is 0.622 bits per heavy atom. The van der Waals surface area contributed by atoms with Gasteiger partial charge in [0, 0.05) is 44.5 Å². The predicted molar refractivity (Wildman–Crippen MR) is 297 cm³/mol. The molecule has 0 radical (unpaired) electrons. The highest BCUT2D eigenvalue weighted by atomic mass is 16.5. The van der Waals surface area contributed by atoms with Gasteiger partial charge in [0.1, 0.15) is 0 Å². The largest absolute Gasteiger partial charge is 0.453 e. The van der Waals surface area contributed by atoms with Crippen molar-refractivity contribution >= 4 is 44.9 Å². The highest BCUT2D eigenvalue weighted by Gasteiger charge is 2.32. The summed E-state index contributed by atoms with van der Waals surface area (Å²) in [4.78, 5) is 26.1. The Hall–Kier alpha value is -10.2. The van der Waals surface area contributed by atoms with Crippen LogP contribution in [0.2, 0.25) is 0 Å². The molecule has 2 aliphatic rings. The number of nitrogens with zero attached hydrogens (tertiary/aromatic N) is 6. The molecule has 0 aliphatic carbocycles. The molecule has 348 valence electrons. The summed E-state index contributed by atoms with van der Waals surface area (Å²) in [6.07, 6.45) is 0. The van der Waals surface area contributed by atoms with Gasteiger partial charge in [-0.2, -0.15) is 0 Å². The highest BCUT2D eigenvalue weighted by Crippen LogP contribution is 2.56. The van der Waals surface area contributed by atoms with Crippen LogP contribution in [0, 0.1) is 0 Å². The van der Waals surface area contributed by atoms with Crippen LogP contribution in [0.4, 0.5) is 34.1 Å². The second kappa shape index (κ2) is 17.9. The lowest BCUT2D eigenvalue weighted by molar-refractivity contribution is 0.477. The maximum atomic E-state index is 6.69. The van der Waals surface area contributed by atoms with E-state index < -0.39 is 0 Å². The molecule has 2 aliphatic heterocycles. The molecule has 4 heterocycles. The molecule has 0 unspecified atom stereocenters. The van der Waals surface area contributed by atoms with Gasteiger partial charge in [-0.25, -0.2) is 19.9 Å². The first kappa shape index (κ1) is 42.7. The van der Waals surface area contributed by atoms with Crippen LogP contribution in [0.25, 0.3) is 78.6 Å². The van der Waals surface area contributed by atoms with E-state index >= 15 is 0 Å². The molecule has 0 saturated carbocycles. The van der Waals surface area contributed by atoms with Crippen molar-refractivity contribution in [3.8, 4) is 90.8 Å². The van der Waals surface area contributed by atoms with E-state index in [1.807, 2.05) is 121 Å². The van der Waals surface area contributed by atoms with Gasteiger partial charge in [0.2, 0.25) is 0 Å². The van der Waals surface area contributed by atoms with Crippen LogP contribution in [0.3, 0.4) is 0 Å². The molecule has 8 nitrogen and oxygen atoms in total. The number of fused-ring (bicyclic) bond motifs is 5. The molecule has 0 N–H and O–H groups in total. The minimum atomic E-state index is 0.615. The van der Waals surface area contributed by atoms with Crippen LogP contribution in [0.15, 0.2) is 255 Å². The summed E-state index contributed by atoms with van der Waals surface area (Å²) >= 11 is 0. The molecular formula is C66H42N6O2. The second-order valence-corrected chi connectivity index (χ2v) is 18.2. The monoisotopic (exact) mass is 950 g/mol. The van der Waals surface area contributed by atoms with E-state index in [1.54, 1.807) is 0 Å². The van der Waals surface area contributed by atoms with Gasteiger partial charge in [-0.1, -0.05) is 170 Å². The van der Waals surface area contributed by atoms with Crippen molar-refractivity contribution in [2.45, 2.75) is 0 Å². The van der Waals surface area contributed by atoms with Crippen molar-refractivity contribution in [3.63, 3.8) is 0 Å². The van der Waals surface area contributed by atoms with Crippen LogP contribution in [-0.2, 0) is 0 Å². The molecule has 10 aromatic carbocycles. The van der Waals surface area contributed by atoms with Crippen molar-refractivity contribution < 1.29 is 9.47 Å². The first-order valence-corrected chi connectivity index (χ1v) is 24.6. The Morgan fingerprint density at radius 1 is 0.257 bits per heavy atom. The summed E-state index contributed by atoms with van der Waals surface area (Å²) in [5.41, 5.74) is 14.2. The molecule has 0 saturated heterocycles. The molecular weight excluding hydrogens is 909 g/mol. The maximum absolute atomic E-state index is 6.69. The van der Waals surface area contributed by atoms with Gasteiger partial charge in [-0.05, 0) is 90.3 Å². The van der Waals surface area contributed by atoms with Crippen molar-refractivity contribution in [1.82, 2.24) is 19.9 Å². The third kappa shape index (κ3) is 7.57. The zero-order valence-corrected chi connectivity index (χ0v) is 39.7. The minimum absolute atomic E-state index is 0.615. The molecule has 0 bridgehead atoms. The summed E-state index contributed by atoms with van der Waals surface area (Å²) in [5.74, 6) is 4.25. The number of ether oxygens (including phenoxy) is 2. The Labute approximate surface area is 427 Å². The van der Waals surface area contributed by atoms with Gasteiger partial charge in [-0.3, -0.25) is 0 Å². The summed E-state index contributed by atoms with van der Waals surface area (Å²) < 4.78 is 13.3. The SMILES string of the molecule is c1ccc(-c2cc(-c3cc(-c4cc(-c5ccccc5)nc(-c5ccccc5)n4)c4cc(N5c6ccccc6Oc6ccccc65)cc(N5c6ccccc6Oc6ccccc65)c4c3)nc(-c3ccccc3)n2)cc1. The van der Waals surface area contributed by atoms with Gasteiger partial charge in [-0.15, -0.1) is 0 Å². The Morgan fingerprint density at radius 3 is 1.08 bits per heavy atom. The first-order valence-electron chi connectivity index (χ1n) is 24.6. The molecule has 0 spiro atoms. The lowest BCUT2D eigenvalue weighted by Crippen LogP contribution is -2.18. The van der Waals surface area contributed by atoms with E-state index in [0.29, 0.717) is 11.6 Å². The molecule has 8 heteroatoms. The number of rotatable bonds is 8. The number of hydrogen-bond donors (Lipinski definition) is 0. The standard InChI is InChI=1S/C66H42N6O2/c1-5-21-43(22-6-1)52-41-54(69-65(67-52)45-25-9-3-10-26-45)47-37-50(55-42-53(44-23-7-2-8-24-44)68-66(70-55)46-27-11-4-12-28-46)49-39-48(71-56-29-13-17-33-61(56)73-62-34-18-14-30-57(62)71)40-60(51(49)38-47)72-58-31-15-19-35-63(58)74-64-36-20-16-32-59(64)72/h1-42H. The lowest BCUT2D eigenvalue weighted by Gasteiger charge is -2.36. The van der Waals surface area contributed by atoms with Crippen LogP contribution in [0.5, 0.6) is 23.0 Å². The number of para-hydroxylation sites is 8. The number of aromatic nitrogens is 4. The van der Waals surface area contributed by atoms with Crippen molar-refractivity contribution in [3.05, 3.63) is 255 Å². The minimum Gasteiger partial charge on any atom is -0.453 e. The van der Waals surface area contributed by atoms with Gasteiger partial charge in [0.05, 0.1) is 51.2 Å². The number of anilines is 6. The van der Waals surface area contributed by atoms with Gasteiger partial charge in [0.15, 0.2) is 34.6 Å². The molecule has 2 aromatic heterocycles. The zero-order valence-electron chi connectivity index (χ0n) is 39.7. The van der Waals surface area contributed by atoms with E-state index in [2.05, 4.69) is 143 Å². The third-order valence-corrected chi connectivity index (χ3v) is 13.6. The summed E-state index contributed by atoms with van der Waals surface area (Å²) in [7, 11) is 0. The zero-order chi connectivity index (χ0) is 49.0. The van der Waals surface area contributed by atoms with Crippen LogP contribution in [0.1, 0.15) is 0 Å². The molecule has 0 atom stereocenters. The summed E-state index contributed by atoms with van der Waals surface area (Å²) in [6.45, 7) is 0. The van der Waals surface area contributed by atoms with E-state index in [-0.39, 0.29) is 0 Å². The summed E-state index contributed by atoms with van der Waals surface area (Å²) in [6, 6.07) is 87.3. The van der Waals surface area contributed by atoms with E-state index in [4.69, 9.17) is 29.4 Å². The quantitative estimate of drug-likeness (QED) is 0.149. The van der Waals surface area contributed by atoms with Gasteiger partial charge >= 0.3 is 0 Å². The van der Waals surface area contributed by atoms with Crippen molar-refractivity contribution in [1.29, 1.82) is 0 Å². The Kier molecular flexibility index (Phi) is 10.3. The fourth-order valence-electron chi connectivity index (χ4n) is 10.2. The predicted octanol–water partition coefficient (Wildman–Crippen LogP) is 17.6.